The number of halogens is 1. The van der Waals surface area contributed by atoms with Crippen LogP contribution >= 0.6 is 0 Å². The molecule has 0 amide bonds. The van der Waals surface area contributed by atoms with Crippen LogP contribution in [0.1, 0.15) is 48.7 Å². The highest BCUT2D eigenvalue weighted by Gasteiger charge is 2.24. The van der Waals surface area contributed by atoms with E-state index in [1.54, 1.807) is 0 Å². The third kappa shape index (κ3) is 3.18. The van der Waals surface area contributed by atoms with E-state index in [1.807, 2.05) is 24.3 Å². The summed E-state index contributed by atoms with van der Waals surface area (Å²) in [4.78, 5) is 9.66. The van der Waals surface area contributed by atoms with Crippen LogP contribution in [-0.4, -0.2) is 17.8 Å². The van der Waals surface area contributed by atoms with Crippen LogP contribution in [0.4, 0.5) is 4.39 Å². The highest BCUT2D eigenvalue weighted by molar-refractivity contribution is 6.30. The van der Waals surface area contributed by atoms with E-state index in [4.69, 9.17) is 12.8 Å². The van der Waals surface area contributed by atoms with Gasteiger partial charge in [-0.15, -0.1) is 0 Å². The zero-order chi connectivity index (χ0) is 19.1. The van der Waals surface area contributed by atoms with E-state index < -0.39 is 0 Å². The van der Waals surface area contributed by atoms with Gasteiger partial charge in [0.2, 0.25) is 0 Å². The van der Waals surface area contributed by atoms with Crippen molar-refractivity contribution >= 4 is 13.4 Å². The maximum atomic E-state index is 13.5. The van der Waals surface area contributed by atoms with Gasteiger partial charge in [0.1, 0.15) is 13.7 Å². The number of hydrogen-bond acceptors (Lipinski definition) is 2. The Kier molecular flexibility index (Phi) is 4.59. The summed E-state index contributed by atoms with van der Waals surface area (Å²) < 4.78 is 13.5. The molecular weight excluding hydrogens is 334 g/mol. The van der Waals surface area contributed by atoms with Crippen LogP contribution in [0.2, 0.25) is 0 Å². The Hall–Kier alpha value is -2.49. The zero-order valence-corrected chi connectivity index (χ0v) is 16.0. The smallest absolute Gasteiger partial charge is 0.141 e. The molecule has 0 unspecified atom stereocenters. The van der Waals surface area contributed by atoms with Gasteiger partial charge in [0.25, 0.3) is 0 Å². The minimum Gasteiger partial charge on any atom is -0.269 e. The molecule has 1 aromatic carbocycles. The maximum Gasteiger partial charge on any atom is 0.141 e. The molecule has 0 aliphatic heterocycles. The summed E-state index contributed by atoms with van der Waals surface area (Å²) >= 11 is 0. The van der Waals surface area contributed by atoms with Crippen molar-refractivity contribution in [3.05, 3.63) is 64.7 Å². The third-order valence-corrected chi connectivity index (χ3v) is 5.35. The van der Waals surface area contributed by atoms with Gasteiger partial charge in [0.05, 0.1) is 5.69 Å². The van der Waals surface area contributed by atoms with Gasteiger partial charge in [-0.05, 0) is 72.1 Å². The van der Waals surface area contributed by atoms with E-state index in [1.165, 1.54) is 28.8 Å². The van der Waals surface area contributed by atoms with Crippen LogP contribution in [0.5, 0.6) is 0 Å². The van der Waals surface area contributed by atoms with E-state index in [9.17, 15) is 4.39 Å². The standard InChI is InChI=1S/C23H22BFN2/c1-13(2)22-14(3)21(15-7-9-16(25)10-8-15)18-5-4-6-19-17(23(18)27-22)11-12-20(24)26-19/h7-13H,4-6H2,1-3H3. The first kappa shape index (κ1) is 17.9. The lowest BCUT2D eigenvalue weighted by Gasteiger charge is -2.21. The van der Waals surface area contributed by atoms with Crippen molar-refractivity contribution < 1.29 is 4.39 Å². The molecule has 0 saturated heterocycles. The number of hydrogen-bond donors (Lipinski definition) is 0. The van der Waals surface area contributed by atoms with E-state index in [0.29, 0.717) is 11.5 Å². The predicted molar refractivity (Wildman–Crippen MR) is 109 cm³/mol. The Balaban J connectivity index is 2.06. The molecule has 0 fully saturated rings. The van der Waals surface area contributed by atoms with Crippen molar-refractivity contribution in [3.8, 4) is 22.4 Å². The lowest BCUT2D eigenvalue weighted by Crippen LogP contribution is -2.11. The fraction of sp³-hybridized carbons (Fsp3) is 0.304. The Morgan fingerprint density at radius 2 is 1.74 bits per heavy atom. The summed E-state index contributed by atoms with van der Waals surface area (Å²) in [7, 11) is 5.92. The molecule has 3 aromatic rings. The largest absolute Gasteiger partial charge is 0.269 e. The topological polar surface area (TPSA) is 25.8 Å². The quantitative estimate of drug-likeness (QED) is 0.624. The number of benzene rings is 1. The Bertz CT molecular complexity index is 1010. The number of fused-ring (bicyclic) bond motifs is 3. The molecule has 4 heteroatoms. The average molecular weight is 356 g/mol. The van der Waals surface area contributed by atoms with Crippen LogP contribution in [0.25, 0.3) is 22.4 Å². The van der Waals surface area contributed by atoms with Crippen molar-refractivity contribution in [2.45, 2.75) is 46.0 Å². The fourth-order valence-corrected chi connectivity index (χ4v) is 4.14. The molecule has 0 N–H and O–H groups in total. The molecule has 1 aliphatic carbocycles. The number of aryl methyl sites for hydroxylation is 1. The molecule has 2 aromatic heterocycles. The molecule has 1 aliphatic rings. The van der Waals surface area contributed by atoms with Crippen LogP contribution in [0.15, 0.2) is 36.4 Å². The van der Waals surface area contributed by atoms with Gasteiger partial charge in [0, 0.05) is 17.0 Å². The van der Waals surface area contributed by atoms with Crippen molar-refractivity contribution in [3.63, 3.8) is 0 Å². The molecule has 0 atom stereocenters. The fourth-order valence-electron chi connectivity index (χ4n) is 4.14. The minimum absolute atomic E-state index is 0.217. The summed E-state index contributed by atoms with van der Waals surface area (Å²) in [6.07, 6.45) is 2.80. The van der Waals surface area contributed by atoms with E-state index >= 15 is 0 Å². The van der Waals surface area contributed by atoms with E-state index in [-0.39, 0.29) is 5.82 Å². The second-order valence-electron chi connectivity index (χ2n) is 7.57. The molecule has 2 nitrogen and oxygen atoms in total. The molecule has 134 valence electrons. The zero-order valence-electron chi connectivity index (χ0n) is 16.0. The average Bonchev–Trinajstić information content (AvgIpc) is 2.80. The van der Waals surface area contributed by atoms with E-state index in [0.717, 1.165) is 47.5 Å². The first-order chi connectivity index (χ1) is 13.0. The summed E-state index contributed by atoms with van der Waals surface area (Å²) in [5.41, 5.74) is 9.37. The molecule has 0 spiro atoms. The van der Waals surface area contributed by atoms with Crippen molar-refractivity contribution in [1.82, 2.24) is 9.97 Å². The Labute approximate surface area is 161 Å². The number of rotatable bonds is 2. The Morgan fingerprint density at radius 3 is 2.44 bits per heavy atom. The predicted octanol–water partition coefficient (Wildman–Crippen LogP) is 4.66. The summed E-state index contributed by atoms with van der Waals surface area (Å²) in [6.45, 7) is 6.46. The van der Waals surface area contributed by atoms with Gasteiger partial charge < -0.3 is 0 Å². The minimum atomic E-state index is -0.217. The maximum absolute atomic E-state index is 13.5. The lowest BCUT2D eigenvalue weighted by atomic mass is 9.87. The van der Waals surface area contributed by atoms with Crippen LogP contribution in [0.3, 0.4) is 0 Å². The highest BCUT2D eigenvalue weighted by Crippen LogP contribution is 2.40. The van der Waals surface area contributed by atoms with Gasteiger partial charge in [0.15, 0.2) is 0 Å². The summed E-state index contributed by atoms with van der Waals surface area (Å²) in [5.74, 6) is 0.0774. The van der Waals surface area contributed by atoms with Crippen LogP contribution in [0, 0.1) is 12.7 Å². The number of nitrogens with zero attached hydrogens (tertiary/aromatic N) is 2. The van der Waals surface area contributed by atoms with Gasteiger partial charge in [-0.25, -0.2) is 4.39 Å². The van der Waals surface area contributed by atoms with Crippen molar-refractivity contribution in [1.29, 1.82) is 0 Å². The van der Waals surface area contributed by atoms with Crippen molar-refractivity contribution in [2.75, 3.05) is 0 Å². The van der Waals surface area contributed by atoms with Crippen LogP contribution in [-0.2, 0) is 12.8 Å². The van der Waals surface area contributed by atoms with E-state index in [2.05, 4.69) is 25.8 Å². The first-order valence-corrected chi connectivity index (χ1v) is 9.50. The third-order valence-electron chi connectivity index (χ3n) is 5.35. The molecule has 27 heavy (non-hydrogen) atoms. The number of pyridine rings is 2. The lowest BCUT2D eigenvalue weighted by molar-refractivity contribution is 0.628. The van der Waals surface area contributed by atoms with Gasteiger partial charge in [-0.1, -0.05) is 38.1 Å². The SMILES string of the molecule is [B]c1ccc2c(n1)CCCc1c-2nc(C(C)C)c(C)c1-c1ccc(F)cc1. The van der Waals surface area contributed by atoms with Gasteiger partial charge in [-0.3, -0.25) is 9.97 Å². The first-order valence-electron chi connectivity index (χ1n) is 9.50. The monoisotopic (exact) mass is 356 g/mol. The molecule has 0 bridgehead atoms. The Morgan fingerprint density at radius 1 is 1.00 bits per heavy atom. The second-order valence-corrected chi connectivity index (χ2v) is 7.57. The summed E-state index contributed by atoms with van der Waals surface area (Å²) in [5, 5.41) is 0. The number of aromatic nitrogens is 2. The molecule has 2 radical (unpaired) electrons. The molecule has 0 saturated carbocycles. The van der Waals surface area contributed by atoms with Crippen molar-refractivity contribution in [2.24, 2.45) is 0 Å². The molecular formula is C23H22BFN2. The molecule has 4 rings (SSSR count). The van der Waals surface area contributed by atoms with Crippen LogP contribution < -0.4 is 5.59 Å². The highest BCUT2D eigenvalue weighted by atomic mass is 19.1. The van der Waals surface area contributed by atoms with Gasteiger partial charge in [-0.2, -0.15) is 0 Å². The summed E-state index contributed by atoms with van der Waals surface area (Å²) in [6, 6.07) is 10.7. The second kappa shape index (κ2) is 6.92. The normalized spacial score (nSPS) is 13.2. The van der Waals surface area contributed by atoms with Gasteiger partial charge >= 0.3 is 0 Å². The molecule has 2 heterocycles.